The first-order chi connectivity index (χ1) is 13.6. The second-order valence-electron chi connectivity index (χ2n) is 8.15. The van der Waals surface area contributed by atoms with Gasteiger partial charge < -0.3 is 14.7 Å². The fourth-order valence-corrected chi connectivity index (χ4v) is 4.25. The second kappa shape index (κ2) is 8.27. The Hall–Kier alpha value is -2.47. The molecule has 0 bridgehead atoms. The van der Waals surface area contributed by atoms with Gasteiger partial charge >= 0.3 is 0 Å². The summed E-state index contributed by atoms with van der Waals surface area (Å²) >= 11 is 0. The summed E-state index contributed by atoms with van der Waals surface area (Å²) in [6, 6.07) is 10.3. The molecule has 6 nitrogen and oxygen atoms in total. The fourth-order valence-electron chi connectivity index (χ4n) is 4.25. The molecule has 0 radical (unpaired) electrons. The van der Waals surface area contributed by atoms with Crippen molar-refractivity contribution in [3.05, 3.63) is 53.9 Å². The van der Waals surface area contributed by atoms with E-state index in [1.807, 2.05) is 23.1 Å². The van der Waals surface area contributed by atoms with Gasteiger partial charge in [-0.1, -0.05) is 37.3 Å². The van der Waals surface area contributed by atoms with Crippen LogP contribution in [0.4, 0.5) is 5.95 Å². The van der Waals surface area contributed by atoms with Gasteiger partial charge in [-0.05, 0) is 31.4 Å². The molecule has 3 heterocycles. The Morgan fingerprint density at radius 1 is 1.04 bits per heavy atom. The number of hydrogen-bond acceptors (Lipinski definition) is 5. The van der Waals surface area contributed by atoms with E-state index in [0.717, 1.165) is 32.1 Å². The number of amides is 1. The number of likely N-dealkylation sites (N-methyl/N-ethyl adjacent to an activating group) is 1. The lowest BCUT2D eigenvalue weighted by Crippen LogP contribution is -2.49. The Morgan fingerprint density at radius 3 is 2.50 bits per heavy atom. The van der Waals surface area contributed by atoms with E-state index < -0.39 is 0 Å². The predicted octanol–water partition coefficient (Wildman–Crippen LogP) is 2.84. The number of rotatable bonds is 3. The fraction of sp³-hybridized carbons (Fsp3) is 0.500. The van der Waals surface area contributed by atoms with E-state index >= 15 is 0 Å². The predicted molar refractivity (Wildman–Crippen MR) is 110 cm³/mol. The average Bonchev–Trinajstić information content (AvgIpc) is 2.74. The van der Waals surface area contributed by atoms with Crippen LogP contribution in [0.1, 0.15) is 41.7 Å². The van der Waals surface area contributed by atoms with Crippen LogP contribution in [0, 0.1) is 5.92 Å². The molecule has 2 aromatic rings. The zero-order chi connectivity index (χ0) is 19.5. The third-order valence-corrected chi connectivity index (χ3v) is 5.85. The molecule has 1 aromatic carbocycles. The summed E-state index contributed by atoms with van der Waals surface area (Å²) in [6.07, 6.45) is 5.83. The van der Waals surface area contributed by atoms with Crippen LogP contribution >= 0.6 is 0 Å². The number of nitrogens with zero attached hydrogens (tertiary/aromatic N) is 5. The maximum Gasteiger partial charge on any atom is 0.257 e. The van der Waals surface area contributed by atoms with E-state index in [-0.39, 0.29) is 11.9 Å². The molecule has 2 aliphatic heterocycles. The number of benzene rings is 1. The van der Waals surface area contributed by atoms with Crippen LogP contribution < -0.4 is 4.90 Å². The van der Waals surface area contributed by atoms with Gasteiger partial charge in [-0.2, -0.15) is 0 Å². The van der Waals surface area contributed by atoms with Gasteiger partial charge in [-0.25, -0.2) is 9.97 Å². The lowest BCUT2D eigenvalue weighted by molar-refractivity contribution is 0.0497. The third-order valence-electron chi connectivity index (χ3n) is 5.85. The monoisotopic (exact) mass is 379 g/mol. The molecule has 1 amide bonds. The maximum absolute atomic E-state index is 13.2. The summed E-state index contributed by atoms with van der Waals surface area (Å²) < 4.78 is 0. The van der Waals surface area contributed by atoms with E-state index in [1.54, 1.807) is 12.4 Å². The lowest BCUT2D eigenvalue weighted by Gasteiger charge is -2.40. The van der Waals surface area contributed by atoms with Crippen LogP contribution in [-0.4, -0.2) is 65.4 Å². The largest absolute Gasteiger partial charge is 0.341 e. The highest BCUT2D eigenvalue weighted by Crippen LogP contribution is 2.27. The van der Waals surface area contributed by atoms with E-state index in [1.165, 1.54) is 18.4 Å². The maximum atomic E-state index is 13.2. The summed E-state index contributed by atoms with van der Waals surface area (Å²) in [5.41, 5.74) is 1.74. The number of piperazine rings is 1. The number of anilines is 1. The van der Waals surface area contributed by atoms with Crippen molar-refractivity contribution in [2.45, 2.75) is 25.8 Å². The molecule has 0 unspecified atom stereocenters. The third kappa shape index (κ3) is 4.02. The number of aromatic nitrogens is 2. The molecule has 2 saturated heterocycles. The molecule has 28 heavy (non-hydrogen) atoms. The summed E-state index contributed by atoms with van der Waals surface area (Å²) in [4.78, 5) is 28.8. The molecule has 4 rings (SSSR count). The van der Waals surface area contributed by atoms with Crippen LogP contribution in [0.2, 0.25) is 0 Å². The minimum Gasteiger partial charge on any atom is -0.341 e. The summed E-state index contributed by atoms with van der Waals surface area (Å²) in [7, 11) is 2.11. The Labute approximate surface area is 167 Å². The number of piperidine rings is 1. The summed E-state index contributed by atoms with van der Waals surface area (Å²) in [5.74, 6) is 1.41. The zero-order valence-corrected chi connectivity index (χ0v) is 16.8. The zero-order valence-electron chi connectivity index (χ0n) is 16.8. The van der Waals surface area contributed by atoms with Crippen LogP contribution in [0.25, 0.3) is 0 Å². The van der Waals surface area contributed by atoms with Crippen LogP contribution in [-0.2, 0) is 0 Å². The van der Waals surface area contributed by atoms with Crippen molar-refractivity contribution in [3.63, 3.8) is 0 Å². The Bertz CT molecular complexity index is 794. The summed E-state index contributed by atoms with van der Waals surface area (Å²) in [6.45, 7) is 6.66. The minimum absolute atomic E-state index is 0.0144. The number of carbonyl (C=O) groups is 1. The van der Waals surface area contributed by atoms with Crippen LogP contribution in [0.5, 0.6) is 0 Å². The lowest BCUT2D eigenvalue weighted by atomic mass is 10.0. The first kappa shape index (κ1) is 18.9. The minimum atomic E-state index is 0.0144. The smallest absolute Gasteiger partial charge is 0.257 e. The first-order valence-corrected chi connectivity index (χ1v) is 10.2. The molecular weight excluding hydrogens is 350 g/mol. The van der Waals surface area contributed by atoms with Gasteiger partial charge in [0.2, 0.25) is 5.95 Å². The highest BCUT2D eigenvalue weighted by atomic mass is 16.2. The number of carbonyl (C=O) groups excluding carboxylic acids is 1. The highest BCUT2D eigenvalue weighted by Gasteiger charge is 2.31. The van der Waals surface area contributed by atoms with Gasteiger partial charge in [0.15, 0.2) is 0 Å². The van der Waals surface area contributed by atoms with Crippen molar-refractivity contribution in [1.82, 2.24) is 19.8 Å². The van der Waals surface area contributed by atoms with E-state index in [0.29, 0.717) is 18.0 Å². The van der Waals surface area contributed by atoms with Crippen molar-refractivity contribution in [2.75, 3.05) is 44.7 Å². The van der Waals surface area contributed by atoms with Crippen molar-refractivity contribution in [1.29, 1.82) is 0 Å². The molecule has 0 aliphatic carbocycles. The Kier molecular flexibility index (Phi) is 5.57. The van der Waals surface area contributed by atoms with Gasteiger partial charge in [0.05, 0.1) is 11.6 Å². The van der Waals surface area contributed by atoms with Gasteiger partial charge in [0, 0.05) is 45.1 Å². The van der Waals surface area contributed by atoms with E-state index in [2.05, 4.69) is 45.9 Å². The average molecular weight is 380 g/mol. The van der Waals surface area contributed by atoms with E-state index in [4.69, 9.17) is 0 Å². The molecule has 0 saturated carbocycles. The summed E-state index contributed by atoms with van der Waals surface area (Å²) in [5, 5.41) is 0. The molecule has 2 atom stereocenters. The van der Waals surface area contributed by atoms with Crippen molar-refractivity contribution < 1.29 is 4.79 Å². The molecule has 6 heteroatoms. The van der Waals surface area contributed by atoms with Gasteiger partial charge in [-0.3, -0.25) is 4.79 Å². The van der Waals surface area contributed by atoms with Gasteiger partial charge in [0.25, 0.3) is 5.91 Å². The first-order valence-electron chi connectivity index (χ1n) is 10.2. The molecule has 1 aromatic heterocycles. The van der Waals surface area contributed by atoms with Crippen LogP contribution in [0.15, 0.2) is 42.7 Å². The van der Waals surface area contributed by atoms with Crippen LogP contribution in [0.3, 0.4) is 0 Å². The highest BCUT2D eigenvalue weighted by molar-refractivity contribution is 5.94. The second-order valence-corrected chi connectivity index (χ2v) is 8.15. The van der Waals surface area contributed by atoms with E-state index in [9.17, 15) is 4.79 Å². The van der Waals surface area contributed by atoms with Gasteiger partial charge in [0.1, 0.15) is 0 Å². The quantitative estimate of drug-likeness (QED) is 0.821. The molecule has 148 valence electrons. The normalized spacial score (nSPS) is 23.6. The Balaban J connectivity index is 1.52. The van der Waals surface area contributed by atoms with Crippen molar-refractivity contribution in [3.8, 4) is 0 Å². The molecule has 2 aliphatic rings. The molecular formula is C22H29N5O. The van der Waals surface area contributed by atoms with Gasteiger partial charge in [-0.15, -0.1) is 0 Å². The molecule has 0 N–H and O–H groups in total. The molecule has 2 fully saturated rings. The Morgan fingerprint density at radius 2 is 1.79 bits per heavy atom. The SMILES string of the molecule is C[C@@H]1CCCN(c2ncc(C(=O)N3CCN(C)C[C@H]3c3ccccc3)cn2)C1. The standard InChI is InChI=1S/C22H29N5O/c1-17-7-6-10-26(15-17)22-23-13-19(14-24-22)21(28)27-12-11-25(2)16-20(27)18-8-4-3-5-9-18/h3-5,8-9,13-14,17,20H,6-7,10-12,15-16H2,1-2H3/t17-,20+/m1/s1. The number of hydrogen-bond donors (Lipinski definition) is 0. The van der Waals surface area contributed by atoms with Crippen molar-refractivity contribution in [2.24, 2.45) is 5.92 Å². The topological polar surface area (TPSA) is 52.6 Å². The molecule has 0 spiro atoms. The van der Waals surface area contributed by atoms with Crippen molar-refractivity contribution >= 4 is 11.9 Å².